The van der Waals surface area contributed by atoms with Gasteiger partial charge in [-0.2, -0.15) is 0 Å². The molecule has 0 amide bonds. The Kier molecular flexibility index (Phi) is 4.97. The van der Waals surface area contributed by atoms with E-state index in [0.717, 1.165) is 5.69 Å². The molecule has 0 aliphatic carbocycles. The summed E-state index contributed by atoms with van der Waals surface area (Å²) in [5.41, 5.74) is 10.4. The van der Waals surface area contributed by atoms with Gasteiger partial charge in [0.15, 0.2) is 0 Å². The molecule has 0 saturated carbocycles. The summed E-state index contributed by atoms with van der Waals surface area (Å²) in [4.78, 5) is 21.6. The molecule has 15 heavy (non-hydrogen) atoms. The maximum Gasteiger partial charge on any atom is 0.466 e. The Morgan fingerprint density at radius 1 is 1.07 bits per heavy atom. The van der Waals surface area contributed by atoms with Gasteiger partial charge < -0.3 is 20.4 Å². The predicted octanol–water partition coefficient (Wildman–Crippen LogP) is 1.27. The van der Waals surface area contributed by atoms with Gasteiger partial charge in [-0.15, -0.1) is 0 Å². The maximum atomic E-state index is 8.88. The van der Waals surface area contributed by atoms with E-state index in [0.29, 0.717) is 0 Å². The highest BCUT2D eigenvalue weighted by Gasteiger charge is 2.00. The Morgan fingerprint density at radius 3 is 1.80 bits per heavy atom. The van der Waals surface area contributed by atoms with Crippen LogP contribution in [0.5, 0.6) is 0 Å². The molecule has 1 aromatic rings. The first-order chi connectivity index (χ1) is 6.63. The smallest absolute Gasteiger partial charge is 0.399 e. The molecule has 0 heterocycles. The van der Waals surface area contributed by atoms with Gasteiger partial charge in [0.25, 0.3) is 0 Å². The van der Waals surface area contributed by atoms with Crippen LogP contribution in [0, 0.1) is 20.8 Å². The van der Waals surface area contributed by atoms with Gasteiger partial charge in [-0.1, -0.05) is 6.07 Å². The quantitative estimate of drug-likeness (QED) is 0.399. The minimum absolute atomic E-state index is 0.892. The van der Waals surface area contributed by atoms with Crippen molar-refractivity contribution in [2.24, 2.45) is 0 Å². The Morgan fingerprint density at radius 2 is 1.47 bits per heavy atom. The molecule has 0 aliphatic heterocycles. The maximum absolute atomic E-state index is 8.88. The third kappa shape index (κ3) is 6.25. The standard InChI is InChI=1S/C9H13N.H3O4P/c1-6-4-5-9(10)8(3)7(6)2;1-5(2,3)4/h4-5H,10H2,1-3H3;(H3,1,2,3,4). The van der Waals surface area contributed by atoms with Gasteiger partial charge in [-0.25, -0.2) is 4.57 Å². The van der Waals surface area contributed by atoms with Gasteiger partial charge >= 0.3 is 7.82 Å². The first-order valence-corrected chi connectivity index (χ1v) is 5.80. The van der Waals surface area contributed by atoms with E-state index in [2.05, 4.69) is 26.8 Å². The van der Waals surface area contributed by atoms with Gasteiger partial charge in [-0.05, 0) is 43.5 Å². The number of nitrogen functional groups attached to an aromatic ring is 1. The molecule has 5 nitrogen and oxygen atoms in total. The third-order valence-corrected chi connectivity index (χ3v) is 2.10. The van der Waals surface area contributed by atoms with Crippen molar-refractivity contribution < 1.29 is 19.2 Å². The number of aryl methyl sites for hydroxylation is 1. The van der Waals surface area contributed by atoms with Crippen molar-refractivity contribution in [3.05, 3.63) is 28.8 Å². The van der Waals surface area contributed by atoms with Crippen molar-refractivity contribution >= 4 is 13.5 Å². The minimum Gasteiger partial charge on any atom is -0.399 e. The third-order valence-electron chi connectivity index (χ3n) is 2.10. The Bertz CT molecular complexity index is 351. The molecular formula is C9H16NO4P. The number of hydrogen-bond acceptors (Lipinski definition) is 2. The van der Waals surface area contributed by atoms with Crippen molar-refractivity contribution in [2.45, 2.75) is 20.8 Å². The van der Waals surface area contributed by atoms with Gasteiger partial charge in [-0.3, -0.25) is 0 Å². The molecular weight excluding hydrogens is 217 g/mol. The van der Waals surface area contributed by atoms with E-state index in [1.54, 1.807) is 0 Å². The SMILES string of the molecule is Cc1ccc(N)c(C)c1C.O=P(O)(O)O. The lowest BCUT2D eigenvalue weighted by Gasteiger charge is -2.05. The second-order valence-corrected chi connectivity index (χ2v) is 4.26. The van der Waals surface area contributed by atoms with Crippen LogP contribution in [0.3, 0.4) is 0 Å². The minimum atomic E-state index is -4.64. The molecule has 1 aromatic carbocycles. The molecule has 0 fully saturated rings. The van der Waals surface area contributed by atoms with Crippen LogP contribution in [0.4, 0.5) is 5.69 Å². The summed E-state index contributed by atoms with van der Waals surface area (Å²) in [6, 6.07) is 4.01. The summed E-state index contributed by atoms with van der Waals surface area (Å²) >= 11 is 0. The number of nitrogens with two attached hydrogens (primary N) is 1. The van der Waals surface area contributed by atoms with Crippen LogP contribution in [0.25, 0.3) is 0 Å². The summed E-state index contributed by atoms with van der Waals surface area (Å²) in [5.74, 6) is 0. The molecule has 6 heteroatoms. The molecule has 0 atom stereocenters. The summed E-state index contributed by atoms with van der Waals surface area (Å²) in [6.07, 6.45) is 0. The van der Waals surface area contributed by atoms with Crippen molar-refractivity contribution in [3.63, 3.8) is 0 Å². The van der Waals surface area contributed by atoms with Crippen LogP contribution in [-0.4, -0.2) is 14.7 Å². The van der Waals surface area contributed by atoms with Crippen molar-refractivity contribution in [1.29, 1.82) is 0 Å². The van der Waals surface area contributed by atoms with Gasteiger partial charge in [0.05, 0.1) is 0 Å². The van der Waals surface area contributed by atoms with Gasteiger partial charge in [0.2, 0.25) is 0 Å². The number of anilines is 1. The number of rotatable bonds is 0. The fraction of sp³-hybridized carbons (Fsp3) is 0.333. The van der Waals surface area contributed by atoms with Crippen LogP contribution in [0.15, 0.2) is 12.1 Å². The van der Waals surface area contributed by atoms with E-state index < -0.39 is 7.82 Å². The molecule has 0 aromatic heterocycles. The molecule has 86 valence electrons. The highest BCUT2D eigenvalue weighted by atomic mass is 31.2. The largest absolute Gasteiger partial charge is 0.466 e. The molecule has 1 rings (SSSR count). The number of phosphoric acid groups is 1. The van der Waals surface area contributed by atoms with Crippen molar-refractivity contribution in [3.8, 4) is 0 Å². The van der Waals surface area contributed by atoms with E-state index in [9.17, 15) is 0 Å². The first-order valence-electron chi connectivity index (χ1n) is 4.23. The zero-order valence-electron chi connectivity index (χ0n) is 8.93. The van der Waals surface area contributed by atoms with E-state index >= 15 is 0 Å². The molecule has 0 saturated heterocycles. The fourth-order valence-corrected chi connectivity index (χ4v) is 0.977. The van der Waals surface area contributed by atoms with Crippen LogP contribution >= 0.6 is 7.82 Å². The van der Waals surface area contributed by atoms with Gasteiger partial charge in [0.1, 0.15) is 0 Å². The Hall–Kier alpha value is -0.870. The Labute approximate surface area is 88.8 Å². The molecule has 0 unspecified atom stereocenters. The predicted molar refractivity (Wildman–Crippen MR) is 59.3 cm³/mol. The number of benzene rings is 1. The average molecular weight is 233 g/mol. The van der Waals surface area contributed by atoms with Crippen LogP contribution < -0.4 is 5.73 Å². The summed E-state index contributed by atoms with van der Waals surface area (Å²) in [6.45, 7) is 6.25. The highest BCUT2D eigenvalue weighted by molar-refractivity contribution is 7.45. The molecule has 0 radical (unpaired) electrons. The monoisotopic (exact) mass is 233 g/mol. The summed E-state index contributed by atoms with van der Waals surface area (Å²) in [5, 5.41) is 0. The molecule has 0 spiro atoms. The first kappa shape index (κ1) is 14.1. The Balaban J connectivity index is 0.000000336. The second kappa shape index (κ2) is 5.28. The lowest BCUT2D eigenvalue weighted by Crippen LogP contribution is -1.93. The summed E-state index contributed by atoms with van der Waals surface area (Å²) in [7, 11) is -4.64. The van der Waals surface area contributed by atoms with E-state index in [1.807, 2.05) is 6.07 Å². The molecule has 5 N–H and O–H groups in total. The van der Waals surface area contributed by atoms with Crippen molar-refractivity contribution in [2.75, 3.05) is 5.73 Å². The van der Waals surface area contributed by atoms with Crippen LogP contribution in [0.1, 0.15) is 16.7 Å². The lowest BCUT2D eigenvalue weighted by molar-refractivity contribution is 0.275. The normalized spacial score (nSPS) is 10.5. The molecule has 0 aliphatic rings. The lowest BCUT2D eigenvalue weighted by atomic mass is 10.0. The second-order valence-electron chi connectivity index (χ2n) is 3.23. The van der Waals surface area contributed by atoms with Gasteiger partial charge in [0, 0.05) is 5.69 Å². The average Bonchev–Trinajstić information content (AvgIpc) is 2.05. The summed E-state index contributed by atoms with van der Waals surface area (Å²) < 4.78 is 8.88. The van der Waals surface area contributed by atoms with E-state index in [4.69, 9.17) is 25.0 Å². The highest BCUT2D eigenvalue weighted by Crippen LogP contribution is 2.25. The topological polar surface area (TPSA) is 104 Å². The fourth-order valence-electron chi connectivity index (χ4n) is 0.977. The van der Waals surface area contributed by atoms with Crippen LogP contribution in [-0.2, 0) is 4.57 Å². The van der Waals surface area contributed by atoms with E-state index in [-0.39, 0.29) is 0 Å². The zero-order chi connectivity index (χ0) is 12.2. The number of hydrogen-bond donors (Lipinski definition) is 4. The zero-order valence-corrected chi connectivity index (χ0v) is 9.82. The van der Waals surface area contributed by atoms with E-state index in [1.165, 1.54) is 16.7 Å². The molecule has 0 bridgehead atoms. The van der Waals surface area contributed by atoms with Crippen molar-refractivity contribution in [1.82, 2.24) is 0 Å². The van der Waals surface area contributed by atoms with Crippen LogP contribution in [0.2, 0.25) is 0 Å².